The lowest BCUT2D eigenvalue weighted by molar-refractivity contribution is 1.77. The highest BCUT2D eigenvalue weighted by Crippen LogP contribution is 2.19. The normalized spacial score (nSPS) is 11.3. The van der Waals surface area contributed by atoms with E-state index < -0.39 is 7.38 Å². The van der Waals surface area contributed by atoms with Crippen LogP contribution in [-0.4, -0.2) is 7.38 Å². The van der Waals surface area contributed by atoms with Gasteiger partial charge < -0.3 is 0 Å². The van der Waals surface area contributed by atoms with Crippen molar-refractivity contribution in [2.24, 2.45) is 0 Å². The Hall–Kier alpha value is -1.31. The van der Waals surface area contributed by atoms with Gasteiger partial charge in [-0.15, -0.1) is 24.2 Å². The molecule has 0 amide bonds. The molecule has 0 aliphatic heterocycles. The van der Waals surface area contributed by atoms with Gasteiger partial charge in [0.15, 0.2) is 0 Å². The molecule has 2 aromatic rings. The van der Waals surface area contributed by atoms with E-state index in [1.807, 2.05) is 29.6 Å². The van der Waals surface area contributed by atoms with E-state index in [4.69, 9.17) is 11.1 Å². The third kappa shape index (κ3) is 1.73. The minimum Gasteiger partial charge on any atom is -0.150 e. The molecular formula is C14H13ClSi. The van der Waals surface area contributed by atoms with E-state index in [0.717, 1.165) is 5.19 Å². The second-order valence-electron chi connectivity index (χ2n) is 3.70. The first-order valence-corrected chi connectivity index (χ1v) is 8.32. The van der Waals surface area contributed by atoms with Gasteiger partial charge in [0.2, 0.25) is 7.38 Å². The van der Waals surface area contributed by atoms with Crippen molar-refractivity contribution >= 4 is 34.4 Å². The van der Waals surface area contributed by atoms with Crippen molar-refractivity contribution in [1.29, 1.82) is 0 Å². The molecule has 0 bridgehead atoms. The maximum atomic E-state index is 6.62. The summed E-state index contributed by atoms with van der Waals surface area (Å²) < 4.78 is 0. The van der Waals surface area contributed by atoms with Crippen molar-refractivity contribution < 1.29 is 0 Å². The summed E-state index contributed by atoms with van der Waals surface area (Å²) in [7, 11) is -2.24. The first-order chi connectivity index (χ1) is 7.71. The molecule has 0 heterocycles. The van der Waals surface area contributed by atoms with Gasteiger partial charge in [-0.05, 0) is 16.0 Å². The molecule has 2 heteroatoms. The molecule has 2 aromatic carbocycles. The Morgan fingerprint density at radius 3 is 2.25 bits per heavy atom. The lowest BCUT2D eigenvalue weighted by Gasteiger charge is -2.18. The van der Waals surface area contributed by atoms with Gasteiger partial charge in [-0.25, -0.2) is 0 Å². The molecule has 0 spiro atoms. The summed E-state index contributed by atoms with van der Waals surface area (Å²) in [6, 6.07) is 14.5. The second-order valence-corrected chi connectivity index (χ2v) is 8.47. The topological polar surface area (TPSA) is 0 Å². The highest BCUT2D eigenvalue weighted by Gasteiger charge is 2.27. The predicted molar refractivity (Wildman–Crippen MR) is 75.6 cm³/mol. The predicted octanol–water partition coefficient (Wildman–Crippen LogP) is 3.68. The highest BCUT2D eigenvalue weighted by molar-refractivity contribution is 7.33. The highest BCUT2D eigenvalue weighted by atomic mass is 35.6. The van der Waals surface area contributed by atoms with Gasteiger partial charge in [-0.2, -0.15) is 0 Å². The van der Waals surface area contributed by atoms with E-state index in [2.05, 4.69) is 37.4 Å². The largest absolute Gasteiger partial charge is 0.233 e. The van der Waals surface area contributed by atoms with Crippen molar-refractivity contribution in [3.05, 3.63) is 67.0 Å². The summed E-state index contributed by atoms with van der Waals surface area (Å²) in [4.78, 5) is 0. The number of benzene rings is 2. The summed E-state index contributed by atoms with van der Waals surface area (Å²) in [6.07, 6.45) is 0. The summed E-state index contributed by atoms with van der Waals surface area (Å²) in [6.45, 7) is 7.69. The van der Waals surface area contributed by atoms with Crippen LogP contribution in [0.25, 0.3) is 10.8 Å². The third-order valence-electron chi connectivity index (χ3n) is 2.80. The monoisotopic (exact) mass is 244 g/mol. The van der Waals surface area contributed by atoms with Crippen LogP contribution in [0.3, 0.4) is 0 Å². The van der Waals surface area contributed by atoms with Crippen LogP contribution in [0.5, 0.6) is 0 Å². The lowest BCUT2D eigenvalue weighted by Crippen LogP contribution is -2.38. The molecule has 0 saturated heterocycles. The van der Waals surface area contributed by atoms with E-state index in [9.17, 15) is 0 Å². The maximum absolute atomic E-state index is 6.62. The van der Waals surface area contributed by atoms with Crippen molar-refractivity contribution in [3.8, 4) is 0 Å². The molecule has 0 atom stereocenters. The SMILES string of the molecule is C=C[Si](Cl)(C=C)c1cccc2ccccc12. The molecule has 16 heavy (non-hydrogen) atoms. The molecule has 0 fully saturated rings. The van der Waals surface area contributed by atoms with Gasteiger partial charge in [0.05, 0.1) is 0 Å². The third-order valence-corrected chi connectivity index (χ3v) is 6.78. The molecule has 2 rings (SSSR count). The Morgan fingerprint density at radius 2 is 1.56 bits per heavy atom. The number of fused-ring (bicyclic) bond motifs is 1. The average molecular weight is 245 g/mol. The van der Waals surface area contributed by atoms with Gasteiger partial charge in [-0.1, -0.05) is 53.9 Å². The number of halogens is 1. The number of hydrogen-bond acceptors (Lipinski definition) is 0. The van der Waals surface area contributed by atoms with Gasteiger partial charge in [0.25, 0.3) is 0 Å². The summed E-state index contributed by atoms with van der Waals surface area (Å²) in [5, 5.41) is 3.57. The molecule has 0 unspecified atom stereocenters. The van der Waals surface area contributed by atoms with Crippen LogP contribution in [0.15, 0.2) is 67.0 Å². The standard InChI is InChI=1S/C14H13ClSi/c1-3-16(15,4-2)14-11-7-9-12-8-5-6-10-13(12)14/h3-11H,1-2H2. The van der Waals surface area contributed by atoms with Crippen LogP contribution in [-0.2, 0) is 0 Å². The maximum Gasteiger partial charge on any atom is 0.233 e. The van der Waals surface area contributed by atoms with E-state index in [1.54, 1.807) is 0 Å². The van der Waals surface area contributed by atoms with Gasteiger partial charge in [0, 0.05) is 0 Å². The van der Waals surface area contributed by atoms with E-state index in [-0.39, 0.29) is 0 Å². The first-order valence-electron chi connectivity index (χ1n) is 5.15. The summed E-state index contributed by atoms with van der Waals surface area (Å²) in [5.74, 6) is 0. The molecular weight excluding hydrogens is 232 g/mol. The molecule has 0 saturated carbocycles. The van der Waals surface area contributed by atoms with Crippen molar-refractivity contribution in [1.82, 2.24) is 0 Å². The number of hydrogen-bond donors (Lipinski definition) is 0. The Bertz CT molecular complexity index is 532. The molecule has 0 aromatic heterocycles. The van der Waals surface area contributed by atoms with Gasteiger partial charge >= 0.3 is 0 Å². The van der Waals surface area contributed by atoms with Crippen molar-refractivity contribution in [2.75, 3.05) is 0 Å². The molecule has 0 N–H and O–H groups in total. The Labute approximate surface area is 102 Å². The number of rotatable bonds is 3. The van der Waals surface area contributed by atoms with Gasteiger partial charge in [-0.3, -0.25) is 0 Å². The molecule has 0 radical (unpaired) electrons. The first kappa shape index (κ1) is 11.2. The summed E-state index contributed by atoms with van der Waals surface area (Å²) in [5.41, 5.74) is 3.70. The minimum atomic E-state index is -2.24. The summed E-state index contributed by atoms with van der Waals surface area (Å²) >= 11 is 6.62. The van der Waals surface area contributed by atoms with E-state index >= 15 is 0 Å². The zero-order valence-electron chi connectivity index (χ0n) is 8.99. The van der Waals surface area contributed by atoms with Crippen LogP contribution in [0.1, 0.15) is 0 Å². The molecule has 0 aliphatic rings. The van der Waals surface area contributed by atoms with Crippen LogP contribution < -0.4 is 5.19 Å². The second kappa shape index (κ2) is 4.28. The zero-order valence-corrected chi connectivity index (χ0v) is 10.7. The van der Waals surface area contributed by atoms with E-state index in [1.165, 1.54) is 10.8 Å². The Balaban J connectivity index is 2.78. The quantitative estimate of drug-likeness (QED) is 0.571. The van der Waals surface area contributed by atoms with Gasteiger partial charge in [0.1, 0.15) is 0 Å². The smallest absolute Gasteiger partial charge is 0.150 e. The minimum absolute atomic E-state index is 1.16. The molecule has 0 aliphatic carbocycles. The fourth-order valence-electron chi connectivity index (χ4n) is 1.86. The average Bonchev–Trinajstić information content (AvgIpc) is 2.37. The zero-order chi connectivity index (χ0) is 11.6. The van der Waals surface area contributed by atoms with Crippen molar-refractivity contribution in [2.45, 2.75) is 0 Å². The Kier molecular flexibility index (Phi) is 2.99. The van der Waals surface area contributed by atoms with E-state index in [0.29, 0.717) is 0 Å². The molecule has 80 valence electrons. The van der Waals surface area contributed by atoms with Crippen LogP contribution in [0.2, 0.25) is 0 Å². The molecule has 0 nitrogen and oxygen atoms in total. The van der Waals surface area contributed by atoms with Crippen LogP contribution >= 0.6 is 11.1 Å². The lowest BCUT2D eigenvalue weighted by atomic mass is 10.1. The Morgan fingerprint density at radius 1 is 0.938 bits per heavy atom. The van der Waals surface area contributed by atoms with Crippen LogP contribution in [0.4, 0.5) is 0 Å². The van der Waals surface area contributed by atoms with Crippen molar-refractivity contribution in [3.63, 3.8) is 0 Å². The fourth-order valence-corrected chi connectivity index (χ4v) is 3.96. The van der Waals surface area contributed by atoms with Crippen LogP contribution in [0, 0.1) is 0 Å². The fraction of sp³-hybridized carbons (Fsp3) is 0.